The lowest BCUT2D eigenvalue weighted by atomic mass is 10.2. The highest BCUT2D eigenvalue weighted by atomic mass is 19.1. The van der Waals surface area contributed by atoms with E-state index in [0.29, 0.717) is 6.04 Å². The van der Waals surface area contributed by atoms with Crippen LogP contribution in [-0.2, 0) is 6.54 Å². The van der Waals surface area contributed by atoms with E-state index in [1.807, 2.05) is 6.20 Å². The van der Waals surface area contributed by atoms with E-state index in [9.17, 15) is 4.39 Å². The molecule has 1 aliphatic heterocycles. The topological polar surface area (TPSA) is 34.0 Å². The number of hydrogen-bond acceptors (Lipinski definition) is 3. The molecule has 18 heavy (non-hydrogen) atoms. The summed E-state index contributed by atoms with van der Waals surface area (Å²) in [6.45, 7) is 4.11. The molecule has 0 saturated carbocycles. The Morgan fingerprint density at radius 1 is 1.33 bits per heavy atom. The van der Waals surface area contributed by atoms with Gasteiger partial charge in [0.15, 0.2) is 0 Å². The van der Waals surface area contributed by atoms with Crippen LogP contribution in [0.1, 0.15) is 18.8 Å². The van der Waals surface area contributed by atoms with Gasteiger partial charge in [0.1, 0.15) is 5.82 Å². The summed E-state index contributed by atoms with van der Waals surface area (Å²) in [6.07, 6.45) is 3.55. The Morgan fingerprint density at radius 2 is 2.17 bits per heavy atom. The summed E-state index contributed by atoms with van der Waals surface area (Å²) in [4.78, 5) is 10.6. The van der Waals surface area contributed by atoms with Gasteiger partial charge in [-0.25, -0.2) is 9.97 Å². The van der Waals surface area contributed by atoms with Crippen molar-refractivity contribution in [2.45, 2.75) is 19.5 Å². The predicted octanol–water partition coefficient (Wildman–Crippen LogP) is 2.09. The summed E-state index contributed by atoms with van der Waals surface area (Å²) < 4.78 is 15.0. The second-order valence-electron chi connectivity index (χ2n) is 4.70. The van der Waals surface area contributed by atoms with Crippen LogP contribution >= 0.6 is 0 Å². The molecule has 0 N–H and O–H groups in total. The van der Waals surface area contributed by atoms with Gasteiger partial charge in [0.25, 0.3) is 0 Å². The molecule has 3 rings (SSSR count). The summed E-state index contributed by atoms with van der Waals surface area (Å²) in [7, 11) is 2.10. The van der Waals surface area contributed by atoms with Crippen LogP contribution in [0.3, 0.4) is 0 Å². The number of hydrogen-bond donors (Lipinski definition) is 0. The number of rotatable bonds is 1. The molecule has 0 saturated heterocycles. The van der Waals surface area contributed by atoms with Crippen molar-refractivity contribution in [2.24, 2.45) is 0 Å². The fourth-order valence-corrected chi connectivity index (χ4v) is 2.27. The third-order valence-corrected chi connectivity index (χ3v) is 3.56. The Labute approximate surface area is 105 Å². The summed E-state index contributed by atoms with van der Waals surface area (Å²) in [5.41, 5.74) is 1.72. The van der Waals surface area contributed by atoms with Crippen LogP contribution in [-0.4, -0.2) is 33.0 Å². The van der Waals surface area contributed by atoms with Gasteiger partial charge < -0.3 is 4.57 Å². The molecule has 3 heterocycles. The van der Waals surface area contributed by atoms with E-state index >= 15 is 0 Å². The average molecular weight is 246 g/mol. The van der Waals surface area contributed by atoms with Gasteiger partial charge >= 0.3 is 0 Å². The first-order chi connectivity index (χ1) is 8.65. The first kappa shape index (κ1) is 11.3. The largest absolute Gasteiger partial charge is 0.332 e. The predicted molar refractivity (Wildman–Crippen MR) is 66.5 cm³/mol. The lowest BCUT2D eigenvalue weighted by Crippen LogP contribution is -2.33. The van der Waals surface area contributed by atoms with Gasteiger partial charge in [-0.3, -0.25) is 4.90 Å². The molecule has 0 spiro atoms. The summed E-state index contributed by atoms with van der Waals surface area (Å²) >= 11 is 0. The maximum absolute atomic E-state index is 12.8. The molecule has 4 nitrogen and oxygen atoms in total. The van der Waals surface area contributed by atoms with E-state index < -0.39 is 5.95 Å². The molecule has 0 aliphatic carbocycles. The standard InChI is InChI=1S/C13H15FN4/c1-9-13-16-11(8-18(13)6-5-17(9)2)10-3-4-12(14)15-7-10/h3-4,7-9H,5-6H2,1-2H3. The third-order valence-electron chi connectivity index (χ3n) is 3.56. The molecule has 2 aromatic rings. The Morgan fingerprint density at radius 3 is 2.89 bits per heavy atom. The number of nitrogens with zero attached hydrogens (tertiary/aromatic N) is 4. The molecular formula is C13H15FN4. The molecule has 1 atom stereocenters. The Kier molecular flexibility index (Phi) is 2.63. The molecule has 0 amide bonds. The molecular weight excluding hydrogens is 231 g/mol. The van der Waals surface area contributed by atoms with Crippen molar-refractivity contribution in [1.82, 2.24) is 19.4 Å². The van der Waals surface area contributed by atoms with Crippen molar-refractivity contribution in [3.63, 3.8) is 0 Å². The van der Waals surface area contributed by atoms with Crippen LogP contribution in [0.25, 0.3) is 11.3 Å². The summed E-state index contributed by atoms with van der Waals surface area (Å²) in [6, 6.07) is 3.38. The Bertz CT molecular complexity index is 561. The lowest BCUT2D eigenvalue weighted by molar-refractivity contribution is 0.206. The van der Waals surface area contributed by atoms with Crippen molar-refractivity contribution in [1.29, 1.82) is 0 Å². The van der Waals surface area contributed by atoms with Crippen LogP contribution in [0.15, 0.2) is 24.5 Å². The zero-order valence-electron chi connectivity index (χ0n) is 10.5. The van der Waals surface area contributed by atoms with Gasteiger partial charge in [0.05, 0.1) is 11.7 Å². The van der Waals surface area contributed by atoms with Gasteiger partial charge in [-0.1, -0.05) is 0 Å². The molecule has 0 bridgehead atoms. The van der Waals surface area contributed by atoms with Crippen molar-refractivity contribution in [3.8, 4) is 11.3 Å². The van der Waals surface area contributed by atoms with Gasteiger partial charge in [0, 0.05) is 31.0 Å². The highest BCUT2D eigenvalue weighted by molar-refractivity contribution is 5.57. The second-order valence-corrected chi connectivity index (χ2v) is 4.70. The molecule has 2 aromatic heterocycles. The minimum Gasteiger partial charge on any atom is -0.332 e. The van der Waals surface area contributed by atoms with E-state index in [1.165, 1.54) is 12.3 Å². The van der Waals surface area contributed by atoms with Crippen LogP contribution < -0.4 is 0 Å². The number of pyridine rings is 1. The van der Waals surface area contributed by atoms with E-state index in [-0.39, 0.29) is 0 Å². The minimum atomic E-state index is -0.462. The highest BCUT2D eigenvalue weighted by Gasteiger charge is 2.23. The lowest BCUT2D eigenvalue weighted by Gasteiger charge is -2.30. The van der Waals surface area contributed by atoms with E-state index in [4.69, 9.17) is 0 Å². The molecule has 0 aromatic carbocycles. The zero-order chi connectivity index (χ0) is 12.7. The number of aromatic nitrogens is 3. The highest BCUT2D eigenvalue weighted by Crippen LogP contribution is 2.26. The van der Waals surface area contributed by atoms with Crippen LogP contribution in [0.4, 0.5) is 4.39 Å². The summed E-state index contributed by atoms with van der Waals surface area (Å²) in [5.74, 6) is 0.596. The number of likely N-dealkylation sites (N-methyl/N-ethyl adjacent to an activating group) is 1. The molecule has 94 valence electrons. The van der Waals surface area contributed by atoms with Gasteiger partial charge in [-0.05, 0) is 26.1 Å². The smallest absolute Gasteiger partial charge is 0.212 e. The van der Waals surface area contributed by atoms with Crippen molar-refractivity contribution < 1.29 is 4.39 Å². The SMILES string of the molecule is CC1c2nc(-c3ccc(F)nc3)cn2CCN1C. The molecule has 0 fully saturated rings. The second kappa shape index (κ2) is 4.17. The Hall–Kier alpha value is -1.75. The third kappa shape index (κ3) is 1.80. The van der Waals surface area contributed by atoms with Gasteiger partial charge in [0.2, 0.25) is 5.95 Å². The van der Waals surface area contributed by atoms with E-state index in [2.05, 4.69) is 33.4 Å². The van der Waals surface area contributed by atoms with E-state index in [1.54, 1.807) is 6.07 Å². The quantitative estimate of drug-likeness (QED) is 0.722. The van der Waals surface area contributed by atoms with Crippen LogP contribution in [0.2, 0.25) is 0 Å². The van der Waals surface area contributed by atoms with E-state index in [0.717, 1.165) is 30.2 Å². The van der Waals surface area contributed by atoms with Crippen molar-refractivity contribution in [2.75, 3.05) is 13.6 Å². The fraction of sp³-hybridized carbons (Fsp3) is 0.385. The molecule has 5 heteroatoms. The van der Waals surface area contributed by atoms with Crippen molar-refractivity contribution in [3.05, 3.63) is 36.3 Å². The van der Waals surface area contributed by atoms with Crippen LogP contribution in [0.5, 0.6) is 0 Å². The normalized spacial score (nSPS) is 19.8. The number of imidazole rings is 1. The Balaban J connectivity index is 2.00. The molecule has 0 radical (unpaired) electrons. The maximum atomic E-state index is 12.8. The monoisotopic (exact) mass is 246 g/mol. The maximum Gasteiger partial charge on any atom is 0.212 e. The van der Waals surface area contributed by atoms with Gasteiger partial charge in [-0.15, -0.1) is 0 Å². The molecule has 1 unspecified atom stereocenters. The average Bonchev–Trinajstić information content (AvgIpc) is 2.80. The van der Waals surface area contributed by atoms with Crippen LogP contribution in [0, 0.1) is 5.95 Å². The number of fused-ring (bicyclic) bond motifs is 1. The van der Waals surface area contributed by atoms with Gasteiger partial charge in [-0.2, -0.15) is 4.39 Å². The van der Waals surface area contributed by atoms with Crippen molar-refractivity contribution >= 4 is 0 Å². The molecule has 1 aliphatic rings. The fourth-order valence-electron chi connectivity index (χ4n) is 2.27. The summed E-state index contributed by atoms with van der Waals surface area (Å²) in [5, 5.41) is 0. The number of halogens is 1. The first-order valence-corrected chi connectivity index (χ1v) is 6.04. The minimum absolute atomic E-state index is 0.306. The first-order valence-electron chi connectivity index (χ1n) is 6.04. The zero-order valence-corrected chi connectivity index (χ0v) is 10.5.